The van der Waals surface area contributed by atoms with Crippen molar-refractivity contribution in [1.82, 2.24) is 4.98 Å². The van der Waals surface area contributed by atoms with Crippen LogP contribution in [0.5, 0.6) is 0 Å². The molecule has 1 aliphatic rings. The van der Waals surface area contributed by atoms with E-state index in [9.17, 15) is 0 Å². The molecule has 16 heavy (non-hydrogen) atoms. The second kappa shape index (κ2) is 4.19. The maximum atomic E-state index is 6.19. The Morgan fingerprint density at radius 1 is 1.12 bits per heavy atom. The van der Waals surface area contributed by atoms with Crippen LogP contribution in [0.1, 0.15) is 23.4 Å². The van der Waals surface area contributed by atoms with Crippen LogP contribution in [0.2, 0.25) is 5.02 Å². The zero-order valence-corrected chi connectivity index (χ0v) is 10.4. The standard InChI is InChI=1S/C13H12ClNS/c14-10-6-2-1-5-9(10)13-15-11-7-3-4-8-12(11)16-13/h1-2,5-6H,3-4,7-8H2. The third-order valence-electron chi connectivity index (χ3n) is 2.95. The first-order valence-electron chi connectivity index (χ1n) is 5.58. The molecule has 0 saturated carbocycles. The summed E-state index contributed by atoms with van der Waals surface area (Å²) < 4.78 is 0. The first-order chi connectivity index (χ1) is 7.84. The average Bonchev–Trinajstić information content (AvgIpc) is 2.73. The Morgan fingerprint density at radius 2 is 1.94 bits per heavy atom. The SMILES string of the molecule is Clc1ccccc1-c1nc2c(s1)CCCC2. The van der Waals surface area contributed by atoms with Crippen molar-refractivity contribution < 1.29 is 0 Å². The van der Waals surface area contributed by atoms with Gasteiger partial charge in [-0.15, -0.1) is 11.3 Å². The number of aromatic nitrogens is 1. The first-order valence-corrected chi connectivity index (χ1v) is 6.77. The normalized spacial score (nSPS) is 14.8. The Kier molecular flexibility index (Phi) is 2.70. The second-order valence-electron chi connectivity index (χ2n) is 4.08. The molecule has 0 N–H and O–H groups in total. The number of nitrogens with zero attached hydrogens (tertiary/aromatic N) is 1. The highest BCUT2D eigenvalue weighted by atomic mass is 35.5. The third kappa shape index (κ3) is 1.76. The second-order valence-corrected chi connectivity index (χ2v) is 5.57. The third-order valence-corrected chi connectivity index (χ3v) is 4.47. The van der Waals surface area contributed by atoms with E-state index in [1.54, 1.807) is 0 Å². The topological polar surface area (TPSA) is 12.9 Å². The molecular formula is C13H12ClNS. The molecule has 0 spiro atoms. The monoisotopic (exact) mass is 249 g/mol. The van der Waals surface area contributed by atoms with Gasteiger partial charge in [0.25, 0.3) is 0 Å². The molecule has 0 atom stereocenters. The minimum absolute atomic E-state index is 0.800. The highest BCUT2D eigenvalue weighted by Gasteiger charge is 2.16. The number of hydrogen-bond acceptors (Lipinski definition) is 2. The fourth-order valence-electron chi connectivity index (χ4n) is 2.10. The maximum absolute atomic E-state index is 6.19. The summed E-state index contributed by atoms with van der Waals surface area (Å²) in [7, 11) is 0. The van der Waals surface area contributed by atoms with Gasteiger partial charge >= 0.3 is 0 Å². The zero-order chi connectivity index (χ0) is 11.0. The molecule has 1 aromatic heterocycles. The summed E-state index contributed by atoms with van der Waals surface area (Å²) in [6, 6.07) is 7.95. The van der Waals surface area contributed by atoms with Crippen LogP contribution < -0.4 is 0 Å². The van der Waals surface area contributed by atoms with Gasteiger partial charge in [0.1, 0.15) is 5.01 Å². The van der Waals surface area contributed by atoms with Gasteiger partial charge in [0.05, 0.1) is 10.7 Å². The van der Waals surface area contributed by atoms with Gasteiger partial charge in [-0.05, 0) is 31.7 Å². The van der Waals surface area contributed by atoms with Crippen molar-refractivity contribution in [3.63, 3.8) is 0 Å². The summed E-state index contributed by atoms with van der Waals surface area (Å²) in [4.78, 5) is 6.18. The van der Waals surface area contributed by atoms with Crippen LogP contribution in [0.3, 0.4) is 0 Å². The predicted molar refractivity (Wildman–Crippen MR) is 69.2 cm³/mol. The molecule has 0 saturated heterocycles. The first kappa shape index (κ1) is 10.3. The molecular weight excluding hydrogens is 238 g/mol. The van der Waals surface area contributed by atoms with Crippen molar-refractivity contribution in [3.8, 4) is 10.6 Å². The van der Waals surface area contributed by atoms with Gasteiger partial charge in [0.15, 0.2) is 0 Å². The number of halogens is 1. The van der Waals surface area contributed by atoms with Crippen molar-refractivity contribution in [2.45, 2.75) is 25.7 Å². The van der Waals surface area contributed by atoms with E-state index in [1.165, 1.54) is 29.8 Å². The molecule has 1 nitrogen and oxygen atoms in total. The largest absolute Gasteiger partial charge is 0.241 e. The number of thiazole rings is 1. The fourth-order valence-corrected chi connectivity index (χ4v) is 3.57. The van der Waals surface area contributed by atoms with Gasteiger partial charge in [0, 0.05) is 10.4 Å². The number of rotatable bonds is 1. The van der Waals surface area contributed by atoms with E-state index in [0.717, 1.165) is 22.0 Å². The van der Waals surface area contributed by atoms with E-state index in [2.05, 4.69) is 0 Å². The Balaban J connectivity index is 2.07. The smallest absolute Gasteiger partial charge is 0.125 e. The van der Waals surface area contributed by atoms with Gasteiger partial charge < -0.3 is 0 Å². The lowest BCUT2D eigenvalue weighted by atomic mass is 10.0. The van der Waals surface area contributed by atoms with E-state index >= 15 is 0 Å². The molecule has 0 fully saturated rings. The van der Waals surface area contributed by atoms with Crippen LogP contribution in [0.4, 0.5) is 0 Å². The average molecular weight is 250 g/mol. The molecule has 3 rings (SSSR count). The Morgan fingerprint density at radius 3 is 2.75 bits per heavy atom. The number of aryl methyl sites for hydroxylation is 2. The molecule has 0 amide bonds. The molecule has 1 aromatic carbocycles. The Hall–Kier alpha value is -0.860. The van der Waals surface area contributed by atoms with Crippen LogP contribution >= 0.6 is 22.9 Å². The van der Waals surface area contributed by atoms with Gasteiger partial charge in [0.2, 0.25) is 0 Å². The molecule has 0 aliphatic heterocycles. The summed E-state index contributed by atoms with van der Waals surface area (Å²) in [5.74, 6) is 0. The maximum Gasteiger partial charge on any atom is 0.125 e. The highest BCUT2D eigenvalue weighted by molar-refractivity contribution is 7.15. The van der Waals surface area contributed by atoms with Crippen molar-refractivity contribution in [2.75, 3.05) is 0 Å². The zero-order valence-electron chi connectivity index (χ0n) is 8.87. The summed E-state index contributed by atoms with van der Waals surface area (Å²) >= 11 is 8.00. The Bertz CT molecular complexity index is 495. The van der Waals surface area contributed by atoms with E-state index in [-0.39, 0.29) is 0 Å². The highest BCUT2D eigenvalue weighted by Crippen LogP contribution is 2.35. The van der Waals surface area contributed by atoms with E-state index in [1.807, 2.05) is 35.6 Å². The molecule has 0 bridgehead atoms. The summed E-state index contributed by atoms with van der Waals surface area (Å²) in [5, 5.41) is 1.88. The minimum atomic E-state index is 0.800. The summed E-state index contributed by atoms with van der Waals surface area (Å²) in [6.07, 6.45) is 4.91. The summed E-state index contributed by atoms with van der Waals surface area (Å²) in [5.41, 5.74) is 2.37. The van der Waals surface area contributed by atoms with Crippen LogP contribution in [0.25, 0.3) is 10.6 Å². The van der Waals surface area contributed by atoms with Crippen LogP contribution in [0, 0.1) is 0 Å². The van der Waals surface area contributed by atoms with Crippen molar-refractivity contribution in [3.05, 3.63) is 39.9 Å². The molecule has 0 unspecified atom stereocenters. The van der Waals surface area contributed by atoms with Gasteiger partial charge in [-0.2, -0.15) is 0 Å². The van der Waals surface area contributed by atoms with E-state index < -0.39 is 0 Å². The van der Waals surface area contributed by atoms with Gasteiger partial charge in [-0.1, -0.05) is 29.8 Å². The lowest BCUT2D eigenvalue weighted by Gasteiger charge is -2.06. The number of fused-ring (bicyclic) bond motifs is 1. The molecule has 0 radical (unpaired) electrons. The van der Waals surface area contributed by atoms with Crippen LogP contribution in [-0.2, 0) is 12.8 Å². The van der Waals surface area contributed by atoms with Crippen molar-refractivity contribution in [1.29, 1.82) is 0 Å². The lowest BCUT2D eigenvalue weighted by Crippen LogP contribution is -1.98. The number of hydrogen-bond donors (Lipinski definition) is 0. The van der Waals surface area contributed by atoms with Crippen molar-refractivity contribution in [2.24, 2.45) is 0 Å². The van der Waals surface area contributed by atoms with Crippen LogP contribution in [-0.4, -0.2) is 4.98 Å². The van der Waals surface area contributed by atoms with Crippen LogP contribution in [0.15, 0.2) is 24.3 Å². The van der Waals surface area contributed by atoms with Gasteiger partial charge in [-0.3, -0.25) is 0 Å². The molecule has 1 heterocycles. The molecule has 82 valence electrons. The minimum Gasteiger partial charge on any atom is -0.241 e. The van der Waals surface area contributed by atoms with Gasteiger partial charge in [-0.25, -0.2) is 4.98 Å². The van der Waals surface area contributed by atoms with E-state index in [4.69, 9.17) is 16.6 Å². The quantitative estimate of drug-likeness (QED) is 0.733. The van der Waals surface area contributed by atoms with Crippen molar-refractivity contribution >= 4 is 22.9 Å². The molecule has 1 aliphatic carbocycles. The molecule has 2 aromatic rings. The summed E-state index contributed by atoms with van der Waals surface area (Å²) in [6.45, 7) is 0. The fraction of sp³-hybridized carbons (Fsp3) is 0.308. The predicted octanol–water partition coefficient (Wildman–Crippen LogP) is 4.34. The Labute approximate surface area is 104 Å². The lowest BCUT2D eigenvalue weighted by molar-refractivity contribution is 0.682. The van der Waals surface area contributed by atoms with E-state index in [0.29, 0.717) is 0 Å². The number of benzene rings is 1. The molecule has 3 heteroatoms.